The number of carbonyl (C=O) groups excluding carboxylic acids is 3. The lowest BCUT2D eigenvalue weighted by Gasteiger charge is -2.20. The number of hydrogen-bond acceptors (Lipinski definition) is 3. The Kier molecular flexibility index (Phi) is 3.34. The summed E-state index contributed by atoms with van der Waals surface area (Å²) in [6.45, 7) is 7.66. The molecule has 3 rings (SSSR count). The van der Waals surface area contributed by atoms with Gasteiger partial charge in [0.15, 0.2) is 0 Å². The molecule has 0 aliphatic carbocycles. The quantitative estimate of drug-likeness (QED) is 0.829. The van der Waals surface area contributed by atoms with Crippen LogP contribution in [0.25, 0.3) is 0 Å². The van der Waals surface area contributed by atoms with E-state index in [9.17, 15) is 14.4 Å². The molecule has 6 nitrogen and oxygen atoms in total. The van der Waals surface area contributed by atoms with E-state index in [0.29, 0.717) is 25.1 Å². The van der Waals surface area contributed by atoms with Gasteiger partial charge in [0, 0.05) is 37.4 Å². The number of likely N-dealkylation sites (tertiary alicyclic amines) is 1. The number of rotatable bonds is 2. The SMILES string of the molecule is CCn1c(C)cc(C(=O)N2CCC3(CC(=O)NC3=O)C2)c1C. The maximum atomic E-state index is 12.8. The Morgan fingerprint density at radius 2 is 2.09 bits per heavy atom. The number of hydrogen-bond donors (Lipinski definition) is 1. The molecule has 1 N–H and O–H groups in total. The van der Waals surface area contributed by atoms with Crippen molar-refractivity contribution < 1.29 is 14.4 Å². The van der Waals surface area contributed by atoms with Crippen molar-refractivity contribution in [1.29, 1.82) is 0 Å². The predicted octanol–water partition coefficient (Wildman–Crippen LogP) is 1.00. The van der Waals surface area contributed by atoms with Crippen LogP contribution in [-0.4, -0.2) is 40.3 Å². The van der Waals surface area contributed by atoms with E-state index < -0.39 is 5.41 Å². The van der Waals surface area contributed by atoms with Crippen molar-refractivity contribution in [1.82, 2.24) is 14.8 Å². The van der Waals surface area contributed by atoms with Gasteiger partial charge >= 0.3 is 0 Å². The lowest BCUT2D eigenvalue weighted by molar-refractivity contribution is -0.128. The first-order valence-electron chi connectivity index (χ1n) is 7.68. The summed E-state index contributed by atoms with van der Waals surface area (Å²) in [7, 11) is 0. The molecular weight excluding hydrogens is 282 g/mol. The first-order chi connectivity index (χ1) is 10.4. The van der Waals surface area contributed by atoms with E-state index in [4.69, 9.17) is 0 Å². The van der Waals surface area contributed by atoms with Crippen molar-refractivity contribution in [2.45, 2.75) is 40.2 Å². The molecule has 1 aromatic rings. The molecule has 22 heavy (non-hydrogen) atoms. The number of imide groups is 1. The summed E-state index contributed by atoms with van der Waals surface area (Å²) >= 11 is 0. The van der Waals surface area contributed by atoms with Crippen molar-refractivity contribution >= 4 is 17.7 Å². The minimum absolute atomic E-state index is 0.0446. The zero-order valence-electron chi connectivity index (χ0n) is 13.2. The van der Waals surface area contributed by atoms with Gasteiger partial charge in [-0.25, -0.2) is 0 Å². The molecule has 118 valence electrons. The second kappa shape index (κ2) is 4.97. The Labute approximate surface area is 129 Å². The van der Waals surface area contributed by atoms with Gasteiger partial charge in [0.1, 0.15) is 0 Å². The van der Waals surface area contributed by atoms with Crippen LogP contribution in [0, 0.1) is 19.3 Å². The normalized spacial score (nSPS) is 24.4. The minimum Gasteiger partial charge on any atom is -0.349 e. The Morgan fingerprint density at radius 1 is 1.36 bits per heavy atom. The second-order valence-corrected chi connectivity index (χ2v) is 6.34. The minimum atomic E-state index is -0.705. The lowest BCUT2D eigenvalue weighted by atomic mass is 9.85. The smallest absolute Gasteiger partial charge is 0.255 e. The highest BCUT2D eigenvalue weighted by molar-refractivity contribution is 6.07. The molecule has 0 aromatic carbocycles. The fourth-order valence-electron chi connectivity index (χ4n) is 3.74. The van der Waals surface area contributed by atoms with Gasteiger partial charge < -0.3 is 9.47 Å². The third-order valence-corrected chi connectivity index (χ3v) is 4.99. The van der Waals surface area contributed by atoms with Gasteiger partial charge in [-0.05, 0) is 33.3 Å². The Bertz CT molecular complexity index is 676. The third kappa shape index (κ3) is 2.05. The number of nitrogens with zero attached hydrogens (tertiary/aromatic N) is 2. The van der Waals surface area contributed by atoms with Crippen LogP contribution < -0.4 is 5.32 Å². The molecule has 2 aliphatic heterocycles. The van der Waals surface area contributed by atoms with Gasteiger partial charge in [0.05, 0.1) is 11.0 Å². The number of aromatic nitrogens is 1. The average Bonchev–Trinajstić information content (AvgIpc) is 3.08. The fourth-order valence-corrected chi connectivity index (χ4v) is 3.74. The van der Waals surface area contributed by atoms with Crippen molar-refractivity contribution in [2.24, 2.45) is 5.41 Å². The predicted molar refractivity (Wildman–Crippen MR) is 80.3 cm³/mol. The summed E-state index contributed by atoms with van der Waals surface area (Å²) < 4.78 is 2.10. The van der Waals surface area contributed by atoms with Crippen LogP contribution in [0.3, 0.4) is 0 Å². The maximum absolute atomic E-state index is 12.8. The van der Waals surface area contributed by atoms with Crippen molar-refractivity contribution in [3.8, 4) is 0 Å². The van der Waals surface area contributed by atoms with Crippen LogP contribution >= 0.6 is 0 Å². The number of amides is 3. The summed E-state index contributed by atoms with van der Waals surface area (Å²) in [6.07, 6.45) is 0.756. The van der Waals surface area contributed by atoms with E-state index in [0.717, 1.165) is 17.9 Å². The molecule has 2 saturated heterocycles. The summed E-state index contributed by atoms with van der Waals surface area (Å²) in [6, 6.07) is 1.91. The Morgan fingerprint density at radius 3 is 2.64 bits per heavy atom. The molecule has 3 amide bonds. The Balaban J connectivity index is 1.83. The number of aryl methyl sites for hydroxylation is 1. The molecule has 2 fully saturated rings. The van der Waals surface area contributed by atoms with Crippen LogP contribution in [0.1, 0.15) is 41.5 Å². The van der Waals surface area contributed by atoms with E-state index in [1.807, 2.05) is 26.8 Å². The largest absolute Gasteiger partial charge is 0.349 e. The molecule has 6 heteroatoms. The highest BCUT2D eigenvalue weighted by atomic mass is 16.2. The summed E-state index contributed by atoms with van der Waals surface area (Å²) in [4.78, 5) is 38.0. The molecule has 1 spiro atoms. The molecule has 0 saturated carbocycles. The molecule has 0 bridgehead atoms. The molecule has 1 atom stereocenters. The number of carbonyl (C=O) groups is 3. The second-order valence-electron chi connectivity index (χ2n) is 6.34. The summed E-state index contributed by atoms with van der Waals surface area (Å²) in [5, 5.41) is 2.36. The van der Waals surface area contributed by atoms with Crippen LogP contribution in [0.4, 0.5) is 0 Å². The lowest BCUT2D eigenvalue weighted by Crippen LogP contribution is -2.36. The molecular formula is C16H21N3O3. The van der Waals surface area contributed by atoms with Gasteiger partial charge in [-0.1, -0.05) is 0 Å². The molecule has 0 radical (unpaired) electrons. The molecule has 2 aliphatic rings. The van der Waals surface area contributed by atoms with Gasteiger partial charge in [-0.15, -0.1) is 0 Å². The topological polar surface area (TPSA) is 71.4 Å². The zero-order chi connectivity index (χ0) is 16.1. The maximum Gasteiger partial charge on any atom is 0.255 e. The fraction of sp³-hybridized carbons (Fsp3) is 0.562. The van der Waals surface area contributed by atoms with Crippen LogP contribution in [0.5, 0.6) is 0 Å². The summed E-state index contributed by atoms with van der Waals surface area (Å²) in [5.41, 5.74) is 2.01. The van der Waals surface area contributed by atoms with Crippen molar-refractivity contribution in [3.63, 3.8) is 0 Å². The summed E-state index contributed by atoms with van der Waals surface area (Å²) in [5.74, 6) is -0.507. The van der Waals surface area contributed by atoms with E-state index in [-0.39, 0.29) is 24.1 Å². The van der Waals surface area contributed by atoms with Gasteiger partial charge in [-0.3, -0.25) is 19.7 Å². The molecule has 3 heterocycles. The average molecular weight is 303 g/mol. The van der Waals surface area contributed by atoms with Crippen LogP contribution in [0.15, 0.2) is 6.07 Å². The molecule has 1 aromatic heterocycles. The van der Waals surface area contributed by atoms with E-state index >= 15 is 0 Å². The monoisotopic (exact) mass is 303 g/mol. The first kappa shape index (κ1) is 14.8. The first-order valence-corrected chi connectivity index (χ1v) is 7.68. The van der Waals surface area contributed by atoms with Gasteiger partial charge in [-0.2, -0.15) is 0 Å². The zero-order valence-corrected chi connectivity index (χ0v) is 13.2. The van der Waals surface area contributed by atoms with E-state index in [1.165, 1.54) is 0 Å². The molecule has 1 unspecified atom stereocenters. The highest BCUT2D eigenvalue weighted by Crippen LogP contribution is 2.38. The highest BCUT2D eigenvalue weighted by Gasteiger charge is 2.51. The standard InChI is InChI=1S/C16H21N3O3/c1-4-19-10(2)7-12(11(19)3)14(21)18-6-5-16(9-18)8-13(20)17-15(16)22/h7H,4-6,8-9H2,1-3H3,(H,17,20,22). The van der Waals surface area contributed by atoms with E-state index in [2.05, 4.69) is 9.88 Å². The third-order valence-electron chi connectivity index (χ3n) is 4.99. The van der Waals surface area contributed by atoms with Gasteiger partial charge in [0.25, 0.3) is 5.91 Å². The van der Waals surface area contributed by atoms with Crippen molar-refractivity contribution in [3.05, 3.63) is 23.0 Å². The van der Waals surface area contributed by atoms with Crippen LogP contribution in [-0.2, 0) is 16.1 Å². The van der Waals surface area contributed by atoms with E-state index in [1.54, 1.807) is 4.90 Å². The van der Waals surface area contributed by atoms with Gasteiger partial charge in [0.2, 0.25) is 11.8 Å². The number of nitrogens with one attached hydrogen (secondary N) is 1. The van der Waals surface area contributed by atoms with Crippen molar-refractivity contribution in [2.75, 3.05) is 13.1 Å². The van der Waals surface area contributed by atoms with Crippen LogP contribution in [0.2, 0.25) is 0 Å². The Hall–Kier alpha value is -2.11.